The van der Waals surface area contributed by atoms with Gasteiger partial charge in [-0.05, 0) is 103 Å². The maximum atomic E-state index is 12.9. The number of esters is 3. The van der Waals surface area contributed by atoms with Gasteiger partial charge in [0.15, 0.2) is 6.10 Å². The van der Waals surface area contributed by atoms with Crippen LogP contribution < -0.4 is 0 Å². The van der Waals surface area contributed by atoms with Gasteiger partial charge >= 0.3 is 17.9 Å². The number of ether oxygens (including phenoxy) is 3. The summed E-state index contributed by atoms with van der Waals surface area (Å²) in [5.74, 6) is -0.886. The van der Waals surface area contributed by atoms with Gasteiger partial charge < -0.3 is 14.2 Å². The predicted octanol–water partition coefficient (Wildman–Crippen LogP) is 21.2. The highest BCUT2D eigenvalue weighted by Gasteiger charge is 2.19. The molecular weight excluding hydrogens is 889 g/mol. The number of hydrogen-bond donors (Lipinski definition) is 0. The molecule has 0 aromatic heterocycles. The average Bonchev–Trinajstić information content (AvgIpc) is 3.38. The Bertz CT molecular complexity index is 1290. The minimum atomic E-state index is -0.784. The van der Waals surface area contributed by atoms with E-state index in [1.165, 1.54) is 199 Å². The van der Waals surface area contributed by atoms with Crippen LogP contribution in [0.3, 0.4) is 0 Å². The summed E-state index contributed by atoms with van der Waals surface area (Å²) < 4.78 is 16.9. The maximum absolute atomic E-state index is 12.9. The molecule has 0 aliphatic heterocycles. The van der Waals surface area contributed by atoms with Crippen LogP contribution in [0.1, 0.15) is 323 Å². The number of carbonyl (C=O) groups is 3. The van der Waals surface area contributed by atoms with Gasteiger partial charge in [-0.3, -0.25) is 14.4 Å². The van der Waals surface area contributed by atoms with Crippen LogP contribution in [-0.4, -0.2) is 37.2 Å². The fraction of sp³-hybridized carbons (Fsp3) is 0.803. The minimum Gasteiger partial charge on any atom is -0.462 e. The molecule has 0 fully saturated rings. The standard InChI is InChI=1S/C66H118O6/c1-4-7-10-13-16-19-22-25-28-30-32-33-35-36-38-41-44-47-50-53-56-59-65(68)71-62-63(61-70-64(67)58-55-52-49-46-43-40-27-24-21-18-15-12-9-6-3)72-66(69)60-57-54-51-48-45-42-39-37-34-31-29-26-23-20-17-14-11-8-5-2/h15,17-18,20,24,26-27,29-30,32,63H,4-14,16,19,21-23,25,28,31,33-62H2,1-3H3/b18-15-,20-17-,27-24-,29-26-,32-30-. The zero-order valence-electron chi connectivity index (χ0n) is 47.9. The van der Waals surface area contributed by atoms with Crippen LogP contribution in [0.25, 0.3) is 0 Å². The third kappa shape index (κ3) is 58.0. The molecule has 0 aliphatic carbocycles. The Morgan fingerprint density at radius 1 is 0.278 bits per heavy atom. The summed E-state index contributed by atoms with van der Waals surface area (Å²) in [4.78, 5) is 38.3. The van der Waals surface area contributed by atoms with Crippen LogP contribution in [0, 0.1) is 0 Å². The van der Waals surface area contributed by atoms with E-state index < -0.39 is 6.10 Å². The van der Waals surface area contributed by atoms with Crippen molar-refractivity contribution < 1.29 is 28.6 Å². The van der Waals surface area contributed by atoms with Crippen molar-refractivity contribution >= 4 is 17.9 Å². The Morgan fingerprint density at radius 2 is 0.514 bits per heavy atom. The third-order valence-electron chi connectivity index (χ3n) is 13.7. The fourth-order valence-corrected chi connectivity index (χ4v) is 8.96. The first-order valence-electron chi connectivity index (χ1n) is 31.3. The van der Waals surface area contributed by atoms with Crippen LogP contribution in [0.5, 0.6) is 0 Å². The predicted molar refractivity (Wildman–Crippen MR) is 312 cm³/mol. The zero-order valence-corrected chi connectivity index (χ0v) is 47.9. The van der Waals surface area contributed by atoms with Crippen molar-refractivity contribution in [1.29, 1.82) is 0 Å². The van der Waals surface area contributed by atoms with Crippen molar-refractivity contribution in [2.45, 2.75) is 329 Å². The molecule has 1 unspecified atom stereocenters. The van der Waals surface area contributed by atoms with E-state index in [4.69, 9.17) is 14.2 Å². The van der Waals surface area contributed by atoms with Crippen molar-refractivity contribution in [1.82, 2.24) is 0 Å². The molecule has 1 atom stereocenters. The first-order chi connectivity index (χ1) is 35.5. The lowest BCUT2D eigenvalue weighted by Crippen LogP contribution is -2.30. The second-order valence-corrected chi connectivity index (χ2v) is 21.0. The van der Waals surface area contributed by atoms with Crippen LogP contribution in [0.4, 0.5) is 0 Å². The van der Waals surface area contributed by atoms with E-state index in [-0.39, 0.29) is 31.1 Å². The quantitative estimate of drug-likeness (QED) is 0.0261. The molecule has 418 valence electrons. The van der Waals surface area contributed by atoms with Crippen LogP contribution in [-0.2, 0) is 28.6 Å². The first kappa shape index (κ1) is 69.1. The van der Waals surface area contributed by atoms with Crippen molar-refractivity contribution in [3.05, 3.63) is 60.8 Å². The molecule has 6 heteroatoms. The molecule has 0 saturated carbocycles. The molecule has 0 bridgehead atoms. The van der Waals surface area contributed by atoms with E-state index in [0.29, 0.717) is 19.3 Å². The topological polar surface area (TPSA) is 78.9 Å². The molecule has 0 spiro atoms. The zero-order chi connectivity index (χ0) is 52.2. The summed E-state index contributed by atoms with van der Waals surface area (Å²) in [6, 6.07) is 0. The van der Waals surface area contributed by atoms with Crippen molar-refractivity contribution in [3.8, 4) is 0 Å². The maximum Gasteiger partial charge on any atom is 0.306 e. The molecule has 0 rings (SSSR count). The molecule has 0 amide bonds. The molecule has 0 radical (unpaired) electrons. The van der Waals surface area contributed by atoms with Gasteiger partial charge in [0.05, 0.1) is 0 Å². The highest BCUT2D eigenvalue weighted by Crippen LogP contribution is 2.16. The third-order valence-corrected chi connectivity index (χ3v) is 13.7. The summed E-state index contributed by atoms with van der Waals surface area (Å²) in [6.45, 7) is 6.60. The molecule has 0 heterocycles. The Labute approximate surface area is 447 Å². The fourth-order valence-electron chi connectivity index (χ4n) is 8.96. The van der Waals surface area contributed by atoms with Crippen molar-refractivity contribution in [3.63, 3.8) is 0 Å². The molecule has 72 heavy (non-hydrogen) atoms. The van der Waals surface area contributed by atoms with Crippen molar-refractivity contribution in [2.75, 3.05) is 13.2 Å². The highest BCUT2D eigenvalue weighted by atomic mass is 16.6. The van der Waals surface area contributed by atoms with Crippen LogP contribution >= 0.6 is 0 Å². The van der Waals surface area contributed by atoms with Gasteiger partial charge in [-0.25, -0.2) is 0 Å². The summed E-state index contributed by atoms with van der Waals surface area (Å²) in [7, 11) is 0. The second-order valence-electron chi connectivity index (χ2n) is 21.0. The van der Waals surface area contributed by atoms with Gasteiger partial charge in [0.1, 0.15) is 13.2 Å². The number of rotatable bonds is 57. The van der Waals surface area contributed by atoms with E-state index in [1.54, 1.807) is 0 Å². The summed E-state index contributed by atoms with van der Waals surface area (Å²) in [5.41, 5.74) is 0. The van der Waals surface area contributed by atoms with E-state index in [0.717, 1.165) is 83.5 Å². The lowest BCUT2D eigenvalue weighted by atomic mass is 10.1. The molecule has 0 aromatic carbocycles. The van der Waals surface area contributed by atoms with Gasteiger partial charge in [-0.15, -0.1) is 0 Å². The average molecular weight is 1010 g/mol. The molecule has 0 saturated heterocycles. The van der Waals surface area contributed by atoms with E-state index in [9.17, 15) is 14.4 Å². The van der Waals surface area contributed by atoms with Gasteiger partial charge in [-0.2, -0.15) is 0 Å². The van der Waals surface area contributed by atoms with Gasteiger partial charge in [-0.1, -0.05) is 261 Å². The first-order valence-corrected chi connectivity index (χ1v) is 31.3. The summed E-state index contributed by atoms with van der Waals surface area (Å²) in [6.07, 6.45) is 76.4. The van der Waals surface area contributed by atoms with Crippen LogP contribution in [0.2, 0.25) is 0 Å². The van der Waals surface area contributed by atoms with E-state index in [1.807, 2.05) is 0 Å². The van der Waals surface area contributed by atoms with Crippen molar-refractivity contribution in [2.24, 2.45) is 0 Å². The smallest absolute Gasteiger partial charge is 0.306 e. The Balaban J connectivity index is 4.35. The molecule has 0 N–H and O–H groups in total. The number of unbranched alkanes of at least 4 members (excludes halogenated alkanes) is 36. The van der Waals surface area contributed by atoms with Gasteiger partial charge in [0, 0.05) is 19.3 Å². The normalized spacial score (nSPS) is 12.4. The lowest BCUT2D eigenvalue weighted by Gasteiger charge is -2.18. The van der Waals surface area contributed by atoms with Gasteiger partial charge in [0.2, 0.25) is 0 Å². The van der Waals surface area contributed by atoms with Crippen LogP contribution in [0.15, 0.2) is 60.8 Å². The monoisotopic (exact) mass is 1010 g/mol. The number of allylic oxidation sites excluding steroid dienone is 10. The number of carbonyl (C=O) groups excluding carboxylic acids is 3. The Hall–Kier alpha value is -2.89. The molecule has 0 aromatic rings. The largest absolute Gasteiger partial charge is 0.462 e. The SMILES string of the molecule is CCCC/C=C\C/C=C\CCCCCCCC(=O)OCC(COC(=O)CCCCCCCCCCC/C=C\CCCCCCCCCC)OC(=O)CCCCCCCCCCC/C=C\C/C=C\CCCCC. The number of hydrogen-bond acceptors (Lipinski definition) is 6. The Kier molecular flexibility index (Phi) is 58.2. The summed E-state index contributed by atoms with van der Waals surface area (Å²) in [5, 5.41) is 0. The molecular formula is C66H118O6. The summed E-state index contributed by atoms with van der Waals surface area (Å²) >= 11 is 0. The molecule has 0 aliphatic rings. The lowest BCUT2D eigenvalue weighted by molar-refractivity contribution is -0.167. The molecule has 6 nitrogen and oxygen atoms in total. The van der Waals surface area contributed by atoms with Gasteiger partial charge in [0.25, 0.3) is 0 Å². The van der Waals surface area contributed by atoms with E-state index >= 15 is 0 Å². The second kappa shape index (κ2) is 60.7. The minimum absolute atomic E-state index is 0.0800. The highest BCUT2D eigenvalue weighted by molar-refractivity contribution is 5.71. The Morgan fingerprint density at radius 3 is 0.847 bits per heavy atom. The van der Waals surface area contributed by atoms with E-state index in [2.05, 4.69) is 81.5 Å².